The van der Waals surface area contributed by atoms with Gasteiger partial charge in [0.05, 0.1) is 25.4 Å². The van der Waals surface area contributed by atoms with Crippen molar-refractivity contribution in [1.29, 1.82) is 0 Å². The molecule has 0 N–H and O–H groups in total. The summed E-state index contributed by atoms with van der Waals surface area (Å²) >= 11 is 0. The van der Waals surface area contributed by atoms with Crippen molar-refractivity contribution in [2.24, 2.45) is 5.41 Å². The quantitative estimate of drug-likeness (QED) is 0.779. The summed E-state index contributed by atoms with van der Waals surface area (Å²) in [5.74, 6) is 0. The average molecular weight is 327 g/mol. The van der Waals surface area contributed by atoms with Crippen LogP contribution in [0.4, 0.5) is 0 Å². The Labute approximate surface area is 143 Å². The second kappa shape index (κ2) is 7.81. The fourth-order valence-electron chi connectivity index (χ4n) is 3.78. The largest absolute Gasteiger partial charge is 0.380 e. The highest BCUT2D eigenvalue weighted by Crippen LogP contribution is 2.38. The highest BCUT2D eigenvalue weighted by atomic mass is 16.5. The lowest BCUT2D eigenvalue weighted by molar-refractivity contribution is -0.195. The minimum Gasteiger partial charge on any atom is -0.380 e. The molecule has 4 rings (SSSR count). The van der Waals surface area contributed by atoms with Crippen molar-refractivity contribution in [2.75, 3.05) is 46.0 Å². The normalized spacial score (nSPS) is 31.8. The first-order valence-electron chi connectivity index (χ1n) is 9.64. The standard InChI is InChI=1S/C9H17NO.C8H15NO.C2H6/c1-8(2)10-5-3-9(7-10)4-6-11-9;1-7(2)9-3-8(4-9)5-10-6-8;1-2/h8H,3-7H2,1-2H3;7H,3-6H2,1-2H3;1-2H3. The summed E-state index contributed by atoms with van der Waals surface area (Å²) in [7, 11) is 0. The minimum atomic E-state index is 0.296. The van der Waals surface area contributed by atoms with Gasteiger partial charge < -0.3 is 9.47 Å². The third-order valence-corrected chi connectivity index (χ3v) is 5.67. The Balaban J connectivity index is 0.000000152. The molecule has 4 aliphatic rings. The van der Waals surface area contributed by atoms with E-state index in [0.717, 1.165) is 25.9 Å². The molecule has 0 aromatic carbocycles. The maximum Gasteiger partial charge on any atom is 0.0842 e. The van der Waals surface area contributed by atoms with Gasteiger partial charge in [0.25, 0.3) is 0 Å². The Morgan fingerprint density at radius 3 is 1.65 bits per heavy atom. The van der Waals surface area contributed by atoms with Crippen molar-refractivity contribution in [1.82, 2.24) is 9.80 Å². The first-order valence-corrected chi connectivity index (χ1v) is 9.64. The van der Waals surface area contributed by atoms with E-state index >= 15 is 0 Å². The molecule has 4 heteroatoms. The topological polar surface area (TPSA) is 24.9 Å². The minimum absolute atomic E-state index is 0.296. The Morgan fingerprint density at radius 2 is 1.39 bits per heavy atom. The van der Waals surface area contributed by atoms with Gasteiger partial charge in [-0.25, -0.2) is 0 Å². The van der Waals surface area contributed by atoms with Gasteiger partial charge in [-0.3, -0.25) is 9.80 Å². The maximum atomic E-state index is 5.62. The molecular formula is C19H38N2O2. The molecule has 1 atom stereocenters. The third kappa shape index (κ3) is 4.28. The van der Waals surface area contributed by atoms with Gasteiger partial charge in [-0.15, -0.1) is 0 Å². The predicted molar refractivity (Wildman–Crippen MR) is 95.9 cm³/mol. The van der Waals surface area contributed by atoms with Gasteiger partial charge in [0.15, 0.2) is 0 Å². The van der Waals surface area contributed by atoms with Crippen LogP contribution in [0.1, 0.15) is 54.4 Å². The van der Waals surface area contributed by atoms with E-state index in [1.54, 1.807) is 0 Å². The van der Waals surface area contributed by atoms with Gasteiger partial charge in [0.2, 0.25) is 0 Å². The molecule has 4 fully saturated rings. The average Bonchev–Trinajstić information content (AvgIpc) is 2.83. The third-order valence-electron chi connectivity index (χ3n) is 5.67. The molecule has 0 amide bonds. The second-order valence-electron chi connectivity index (χ2n) is 8.09. The molecular weight excluding hydrogens is 288 g/mol. The number of likely N-dealkylation sites (tertiary alicyclic amines) is 2. The lowest BCUT2D eigenvalue weighted by Gasteiger charge is -2.56. The molecule has 4 heterocycles. The second-order valence-corrected chi connectivity index (χ2v) is 8.09. The van der Waals surface area contributed by atoms with Crippen LogP contribution in [-0.2, 0) is 9.47 Å². The molecule has 136 valence electrons. The highest BCUT2D eigenvalue weighted by Gasteiger charge is 2.49. The summed E-state index contributed by atoms with van der Waals surface area (Å²) in [6, 6.07) is 1.42. The zero-order valence-corrected chi connectivity index (χ0v) is 16.2. The van der Waals surface area contributed by atoms with Crippen LogP contribution in [0.5, 0.6) is 0 Å². The number of ether oxygens (including phenoxy) is 2. The van der Waals surface area contributed by atoms with E-state index in [-0.39, 0.29) is 0 Å². The SMILES string of the molecule is CC.CC(C)N1CC2(COC2)C1.CC(C)N1CCC2(CCO2)C1. The zero-order chi connectivity index (χ0) is 17.1. The summed E-state index contributed by atoms with van der Waals surface area (Å²) in [6.07, 6.45) is 2.54. The Hall–Kier alpha value is -0.160. The predicted octanol–water partition coefficient (Wildman–Crippen LogP) is 3.01. The van der Waals surface area contributed by atoms with E-state index in [9.17, 15) is 0 Å². The van der Waals surface area contributed by atoms with E-state index in [1.807, 2.05) is 13.8 Å². The van der Waals surface area contributed by atoms with E-state index in [1.165, 1.54) is 39.0 Å². The van der Waals surface area contributed by atoms with Crippen LogP contribution in [0.3, 0.4) is 0 Å². The van der Waals surface area contributed by atoms with Crippen LogP contribution < -0.4 is 0 Å². The van der Waals surface area contributed by atoms with Crippen molar-refractivity contribution in [3.63, 3.8) is 0 Å². The molecule has 4 nitrogen and oxygen atoms in total. The molecule has 4 saturated heterocycles. The fraction of sp³-hybridized carbons (Fsp3) is 1.00. The molecule has 23 heavy (non-hydrogen) atoms. The molecule has 0 saturated carbocycles. The Kier molecular flexibility index (Phi) is 6.51. The van der Waals surface area contributed by atoms with Crippen molar-refractivity contribution in [3.05, 3.63) is 0 Å². The maximum absolute atomic E-state index is 5.62. The van der Waals surface area contributed by atoms with Crippen molar-refractivity contribution in [3.8, 4) is 0 Å². The number of hydrogen-bond acceptors (Lipinski definition) is 4. The molecule has 2 spiro atoms. The first kappa shape index (κ1) is 19.2. The van der Waals surface area contributed by atoms with E-state index in [4.69, 9.17) is 9.47 Å². The van der Waals surface area contributed by atoms with Gasteiger partial charge >= 0.3 is 0 Å². The van der Waals surface area contributed by atoms with Crippen molar-refractivity contribution >= 4 is 0 Å². The summed E-state index contributed by atoms with van der Waals surface area (Å²) in [5.41, 5.74) is 0.897. The summed E-state index contributed by atoms with van der Waals surface area (Å²) in [5, 5.41) is 0. The van der Waals surface area contributed by atoms with Crippen molar-refractivity contribution < 1.29 is 9.47 Å². The van der Waals surface area contributed by atoms with Gasteiger partial charge in [0.1, 0.15) is 0 Å². The molecule has 0 bridgehead atoms. The van der Waals surface area contributed by atoms with E-state index in [2.05, 4.69) is 37.5 Å². The smallest absolute Gasteiger partial charge is 0.0842 e. The summed E-state index contributed by atoms with van der Waals surface area (Å²) in [4.78, 5) is 5.02. The molecule has 0 aromatic rings. The monoisotopic (exact) mass is 326 g/mol. The Bertz CT molecular complexity index is 354. The zero-order valence-electron chi connectivity index (χ0n) is 16.2. The van der Waals surface area contributed by atoms with Gasteiger partial charge in [-0.1, -0.05) is 13.8 Å². The Morgan fingerprint density at radius 1 is 0.826 bits per heavy atom. The van der Waals surface area contributed by atoms with Crippen LogP contribution in [0.15, 0.2) is 0 Å². The lowest BCUT2D eigenvalue weighted by atomic mass is 9.77. The molecule has 0 radical (unpaired) electrons. The fourth-order valence-corrected chi connectivity index (χ4v) is 3.78. The van der Waals surface area contributed by atoms with E-state index in [0.29, 0.717) is 17.1 Å². The number of hydrogen-bond donors (Lipinski definition) is 0. The van der Waals surface area contributed by atoms with Crippen LogP contribution >= 0.6 is 0 Å². The van der Waals surface area contributed by atoms with Crippen LogP contribution in [0, 0.1) is 5.41 Å². The van der Waals surface area contributed by atoms with Crippen LogP contribution in [-0.4, -0.2) is 73.5 Å². The molecule has 1 unspecified atom stereocenters. The van der Waals surface area contributed by atoms with Gasteiger partial charge in [-0.2, -0.15) is 0 Å². The van der Waals surface area contributed by atoms with Crippen LogP contribution in [0.25, 0.3) is 0 Å². The van der Waals surface area contributed by atoms with Gasteiger partial charge in [-0.05, 0) is 34.1 Å². The van der Waals surface area contributed by atoms with E-state index < -0.39 is 0 Å². The highest BCUT2D eigenvalue weighted by molar-refractivity contribution is 5.00. The first-order chi connectivity index (χ1) is 10.9. The summed E-state index contributed by atoms with van der Waals surface area (Å²) in [6.45, 7) is 21.0. The molecule has 0 aliphatic carbocycles. The molecule has 0 aromatic heterocycles. The summed E-state index contributed by atoms with van der Waals surface area (Å²) < 4.78 is 10.8. The van der Waals surface area contributed by atoms with Gasteiger partial charge in [0, 0.05) is 50.1 Å². The lowest BCUT2D eigenvalue weighted by Crippen LogP contribution is -2.67. The van der Waals surface area contributed by atoms with Crippen molar-refractivity contribution in [2.45, 2.75) is 72.1 Å². The van der Waals surface area contributed by atoms with Crippen LogP contribution in [0.2, 0.25) is 0 Å². The number of nitrogens with zero attached hydrogens (tertiary/aromatic N) is 2. The number of rotatable bonds is 2. The molecule has 4 aliphatic heterocycles.